The summed E-state index contributed by atoms with van der Waals surface area (Å²) in [5, 5.41) is 0. The Balaban J connectivity index is 2.18. The number of ether oxygens (including phenoxy) is 1. The van der Waals surface area contributed by atoms with Crippen molar-refractivity contribution in [3.05, 3.63) is 76.9 Å². The zero-order valence-electron chi connectivity index (χ0n) is 27.2. The van der Waals surface area contributed by atoms with E-state index in [-0.39, 0.29) is 85.0 Å². The van der Waals surface area contributed by atoms with Gasteiger partial charge in [-0.05, 0) is 76.9 Å². The second kappa shape index (κ2) is 17.4. The van der Waals surface area contributed by atoms with E-state index in [1.54, 1.807) is 24.3 Å². The van der Waals surface area contributed by atoms with Crippen LogP contribution in [0.2, 0.25) is 0 Å². The number of rotatable bonds is 12. The van der Waals surface area contributed by atoms with Crippen LogP contribution in [0.5, 0.6) is 5.75 Å². The molecule has 0 heterocycles. The average Bonchev–Trinajstić information content (AvgIpc) is 3.02. The first kappa shape index (κ1) is 38.5. The predicted molar refractivity (Wildman–Crippen MR) is 187 cm³/mol. The number of hydrogen-bond acceptors (Lipinski definition) is 4. The molecule has 0 saturated heterocycles. The third kappa shape index (κ3) is 12.9. The second-order valence-corrected chi connectivity index (χ2v) is 11.0. The van der Waals surface area contributed by atoms with Crippen LogP contribution in [-0.2, 0) is 12.1 Å². The number of alkyl halides is 5. The molecule has 15 heteroatoms. The molecule has 3 aromatic carbocycles. The van der Waals surface area contributed by atoms with Gasteiger partial charge in [-0.2, -0.15) is 13.2 Å². The molecule has 12 N–H and O–H groups in total. The Morgan fingerprint density at radius 3 is 1.50 bits per heavy atom. The minimum absolute atomic E-state index is 0.0864. The number of nitrogens with two attached hydrogens (primary N) is 6. The summed E-state index contributed by atoms with van der Waals surface area (Å²) < 4.78 is 77.5. The summed E-state index contributed by atoms with van der Waals surface area (Å²) >= 11 is 0. The van der Waals surface area contributed by atoms with E-state index >= 15 is 0 Å². The molecule has 0 bridgehead atoms. The predicted octanol–water partition coefficient (Wildman–Crippen LogP) is 4.22. The largest absolute Gasteiger partial charge is 0.493 e. The lowest BCUT2D eigenvalue weighted by Crippen LogP contribution is -2.23. The van der Waals surface area contributed by atoms with Crippen LogP contribution in [-0.4, -0.2) is 44.1 Å². The normalized spacial score (nSPS) is 10.9. The fourth-order valence-electron chi connectivity index (χ4n) is 4.44. The molecule has 0 amide bonds. The summed E-state index contributed by atoms with van der Waals surface area (Å²) in [5.41, 5.74) is 32.4. The van der Waals surface area contributed by atoms with Crippen LogP contribution in [0.4, 0.5) is 22.0 Å². The molecule has 0 saturated carbocycles. The zero-order chi connectivity index (χ0) is 36.9. The molecule has 0 aliphatic heterocycles. The lowest BCUT2D eigenvalue weighted by molar-refractivity contribution is -0.137. The van der Waals surface area contributed by atoms with E-state index in [1.165, 1.54) is 18.2 Å². The molecular formula is C35H38F5N9O. The SMILES string of the molecule is CC(F)(F)c1cc(C#CCCN=C(N)N)cc(-c2cc(OCCCN=C(N)N)cc(-c3cc(C#CCCN=C(N)N)cc(C(F)(F)F)c3)c2)c1. The van der Waals surface area contributed by atoms with Gasteiger partial charge in [0.2, 0.25) is 0 Å². The minimum atomic E-state index is -4.69. The van der Waals surface area contributed by atoms with Gasteiger partial charge in [-0.3, -0.25) is 15.0 Å². The Labute approximate surface area is 286 Å². The molecule has 3 aromatic rings. The summed E-state index contributed by atoms with van der Waals surface area (Å²) in [6.07, 6.45) is -3.81. The molecule has 0 fully saturated rings. The molecular weight excluding hydrogens is 657 g/mol. The molecule has 0 radical (unpaired) electrons. The van der Waals surface area contributed by atoms with Crippen molar-refractivity contribution in [2.45, 2.75) is 38.3 Å². The van der Waals surface area contributed by atoms with Crippen molar-refractivity contribution in [3.8, 4) is 51.7 Å². The Hall–Kier alpha value is -5.96. The number of aliphatic imine (C=N–C) groups is 3. The van der Waals surface area contributed by atoms with E-state index in [0.717, 1.165) is 19.1 Å². The summed E-state index contributed by atoms with van der Waals surface area (Å²) in [6.45, 7) is 1.57. The van der Waals surface area contributed by atoms with Crippen molar-refractivity contribution >= 4 is 17.9 Å². The fraction of sp³-hybridized carbons (Fsp3) is 0.286. The highest BCUT2D eigenvalue weighted by molar-refractivity contribution is 5.78. The van der Waals surface area contributed by atoms with Gasteiger partial charge in [0, 0.05) is 49.4 Å². The summed E-state index contributed by atoms with van der Waals surface area (Å²) in [4.78, 5) is 11.6. The third-order valence-corrected chi connectivity index (χ3v) is 6.67. The number of hydrogen-bond donors (Lipinski definition) is 6. The maximum atomic E-state index is 14.7. The van der Waals surface area contributed by atoms with Crippen LogP contribution in [0.15, 0.2) is 69.6 Å². The topological polar surface area (TPSA) is 202 Å². The van der Waals surface area contributed by atoms with Crippen molar-refractivity contribution in [2.24, 2.45) is 49.4 Å². The van der Waals surface area contributed by atoms with Crippen molar-refractivity contribution in [1.29, 1.82) is 0 Å². The van der Waals surface area contributed by atoms with Gasteiger partial charge in [-0.1, -0.05) is 23.7 Å². The van der Waals surface area contributed by atoms with E-state index in [0.29, 0.717) is 23.1 Å². The Kier molecular flexibility index (Phi) is 13.4. The zero-order valence-corrected chi connectivity index (χ0v) is 27.2. The van der Waals surface area contributed by atoms with Gasteiger partial charge in [-0.15, -0.1) is 0 Å². The average molecular weight is 696 g/mol. The lowest BCUT2D eigenvalue weighted by Gasteiger charge is -2.16. The Morgan fingerprint density at radius 2 is 1.04 bits per heavy atom. The van der Waals surface area contributed by atoms with E-state index in [2.05, 4.69) is 38.7 Å². The van der Waals surface area contributed by atoms with Gasteiger partial charge < -0.3 is 39.1 Å². The van der Waals surface area contributed by atoms with Crippen LogP contribution in [0.3, 0.4) is 0 Å². The van der Waals surface area contributed by atoms with E-state index in [4.69, 9.17) is 39.1 Å². The van der Waals surface area contributed by atoms with Crippen LogP contribution < -0.4 is 39.1 Å². The molecule has 50 heavy (non-hydrogen) atoms. The molecule has 0 unspecified atom stereocenters. The summed E-state index contributed by atoms with van der Waals surface area (Å²) in [5.74, 6) is 7.96. The van der Waals surface area contributed by atoms with Gasteiger partial charge >= 0.3 is 6.18 Å². The van der Waals surface area contributed by atoms with Crippen LogP contribution in [0.25, 0.3) is 22.3 Å². The number of guanidine groups is 3. The third-order valence-electron chi connectivity index (χ3n) is 6.67. The molecule has 0 atom stereocenters. The molecule has 0 spiro atoms. The first-order valence-electron chi connectivity index (χ1n) is 15.2. The monoisotopic (exact) mass is 695 g/mol. The molecule has 264 valence electrons. The molecule has 0 aliphatic carbocycles. The maximum Gasteiger partial charge on any atom is 0.416 e. The summed E-state index contributed by atoms with van der Waals surface area (Å²) in [7, 11) is 0. The molecule has 3 rings (SSSR count). The van der Waals surface area contributed by atoms with E-state index < -0.39 is 17.7 Å². The highest BCUT2D eigenvalue weighted by Gasteiger charge is 2.31. The van der Waals surface area contributed by atoms with Crippen LogP contribution >= 0.6 is 0 Å². The van der Waals surface area contributed by atoms with Crippen LogP contribution in [0, 0.1) is 23.7 Å². The standard InChI is InChI=1S/C35H38F5N9O/c1-34(36,37)28-15-22(7-2-4-9-47-31(41)42)13-24(18-28)26-17-27(21-30(20-26)50-12-6-11-49-33(45)46)25-14-23(8-3-5-10-48-32(43)44)16-29(19-25)35(38,39)40/h13-21H,4-6,9-12H2,1H3,(H4,41,42,47)(H4,43,44,48)(H4,45,46,49). The fourth-order valence-corrected chi connectivity index (χ4v) is 4.44. The highest BCUT2D eigenvalue weighted by Crippen LogP contribution is 2.38. The first-order valence-corrected chi connectivity index (χ1v) is 15.2. The second-order valence-electron chi connectivity index (χ2n) is 11.0. The van der Waals surface area contributed by atoms with Crippen molar-refractivity contribution in [2.75, 3.05) is 26.2 Å². The highest BCUT2D eigenvalue weighted by atomic mass is 19.4. The van der Waals surface area contributed by atoms with Gasteiger partial charge in [0.05, 0.1) is 25.3 Å². The van der Waals surface area contributed by atoms with Crippen LogP contribution in [0.1, 0.15) is 48.4 Å². The Morgan fingerprint density at radius 1 is 0.600 bits per heavy atom. The molecule has 10 nitrogen and oxygen atoms in total. The van der Waals surface area contributed by atoms with E-state index in [1.807, 2.05) is 0 Å². The number of halogens is 5. The van der Waals surface area contributed by atoms with Crippen molar-refractivity contribution in [1.82, 2.24) is 0 Å². The molecule has 0 aliphatic rings. The van der Waals surface area contributed by atoms with Crippen molar-refractivity contribution < 1.29 is 26.7 Å². The Bertz CT molecular complexity index is 1740. The van der Waals surface area contributed by atoms with Gasteiger partial charge in [-0.25, -0.2) is 8.78 Å². The van der Waals surface area contributed by atoms with Gasteiger partial charge in [0.15, 0.2) is 17.9 Å². The smallest absolute Gasteiger partial charge is 0.416 e. The lowest BCUT2D eigenvalue weighted by atomic mass is 9.93. The number of nitrogens with zero attached hydrogens (tertiary/aromatic N) is 3. The van der Waals surface area contributed by atoms with Crippen molar-refractivity contribution in [3.63, 3.8) is 0 Å². The summed E-state index contributed by atoms with van der Waals surface area (Å²) in [6, 6.07) is 12.3. The van der Waals surface area contributed by atoms with Gasteiger partial charge in [0.1, 0.15) is 5.75 Å². The quantitative estimate of drug-likeness (QED) is 0.0535. The minimum Gasteiger partial charge on any atom is -0.493 e. The first-order chi connectivity index (χ1) is 23.5. The number of benzene rings is 3. The van der Waals surface area contributed by atoms with E-state index in [9.17, 15) is 22.0 Å². The van der Waals surface area contributed by atoms with Gasteiger partial charge in [0.25, 0.3) is 5.92 Å². The molecule has 0 aromatic heterocycles. The maximum absolute atomic E-state index is 14.7.